The van der Waals surface area contributed by atoms with Crippen LogP contribution in [0.25, 0.3) is 10.8 Å². The molecular formula is C31H39N5O4. The van der Waals surface area contributed by atoms with Crippen molar-refractivity contribution in [3.63, 3.8) is 0 Å². The minimum Gasteiger partial charge on any atom is -0.445 e. The van der Waals surface area contributed by atoms with Crippen molar-refractivity contribution < 1.29 is 19.4 Å². The summed E-state index contributed by atoms with van der Waals surface area (Å²) in [7, 11) is 0. The summed E-state index contributed by atoms with van der Waals surface area (Å²) >= 11 is 0. The SMILES string of the molecule is CC(C)(C)N1CCC[C@@]1(C[C@@H](O)[C@H](Cc1ccc2ccccc2c1)NC(=O)OCc1ccccc1)C(N)=O.N#N. The van der Waals surface area contributed by atoms with Gasteiger partial charge in [-0.3, -0.25) is 9.69 Å². The maximum atomic E-state index is 12.9. The number of aliphatic hydroxyl groups is 1. The highest BCUT2D eigenvalue weighted by Crippen LogP contribution is 2.39. The van der Waals surface area contributed by atoms with Crippen LogP contribution in [0.15, 0.2) is 72.8 Å². The molecule has 212 valence electrons. The number of aliphatic hydroxyl groups excluding tert-OH is 1. The maximum absolute atomic E-state index is 12.9. The molecule has 9 heteroatoms. The van der Waals surface area contributed by atoms with Crippen molar-refractivity contribution in [3.8, 4) is 0 Å². The Bertz CT molecular complexity index is 1310. The van der Waals surface area contributed by atoms with Crippen LogP contribution >= 0.6 is 0 Å². The monoisotopic (exact) mass is 545 g/mol. The molecule has 4 rings (SSSR count). The number of likely N-dealkylation sites (tertiary alicyclic amines) is 1. The van der Waals surface area contributed by atoms with Crippen molar-refractivity contribution in [2.24, 2.45) is 5.73 Å². The summed E-state index contributed by atoms with van der Waals surface area (Å²) < 4.78 is 5.47. The number of carbonyl (C=O) groups is 2. The van der Waals surface area contributed by atoms with Crippen LogP contribution in [0.4, 0.5) is 4.79 Å². The van der Waals surface area contributed by atoms with E-state index in [1.165, 1.54) is 0 Å². The molecule has 2 amide bonds. The summed E-state index contributed by atoms with van der Waals surface area (Å²) in [5.74, 6) is -0.444. The molecule has 4 N–H and O–H groups in total. The Balaban J connectivity index is 0.00000216. The Kier molecular flexibility index (Phi) is 10.2. The van der Waals surface area contributed by atoms with Crippen LogP contribution in [0.1, 0.15) is 51.2 Å². The van der Waals surface area contributed by atoms with Crippen molar-refractivity contribution >= 4 is 22.8 Å². The van der Waals surface area contributed by atoms with E-state index in [4.69, 9.17) is 21.3 Å². The molecule has 3 atom stereocenters. The summed E-state index contributed by atoms with van der Waals surface area (Å²) in [6.07, 6.45) is 0.229. The van der Waals surface area contributed by atoms with Crippen molar-refractivity contribution in [1.82, 2.24) is 10.2 Å². The smallest absolute Gasteiger partial charge is 0.407 e. The summed E-state index contributed by atoms with van der Waals surface area (Å²) in [5.41, 5.74) is 6.53. The first-order valence-corrected chi connectivity index (χ1v) is 13.5. The molecule has 1 fully saturated rings. The molecule has 0 aromatic heterocycles. The average Bonchev–Trinajstić information content (AvgIpc) is 3.39. The number of hydrogen-bond donors (Lipinski definition) is 3. The first kappa shape index (κ1) is 30.5. The summed E-state index contributed by atoms with van der Waals surface area (Å²) in [6.45, 7) is 6.99. The van der Waals surface area contributed by atoms with Gasteiger partial charge in [0.2, 0.25) is 5.91 Å². The fraction of sp³-hybridized carbons (Fsp3) is 0.419. The van der Waals surface area contributed by atoms with Crippen LogP contribution in [0.5, 0.6) is 0 Å². The van der Waals surface area contributed by atoms with Gasteiger partial charge in [-0.1, -0.05) is 72.8 Å². The number of alkyl carbamates (subject to hydrolysis) is 1. The van der Waals surface area contributed by atoms with E-state index in [0.717, 1.165) is 34.9 Å². The quantitative estimate of drug-likeness (QED) is 0.333. The van der Waals surface area contributed by atoms with Gasteiger partial charge in [-0.25, -0.2) is 4.79 Å². The lowest BCUT2D eigenvalue weighted by atomic mass is 9.82. The third-order valence-corrected chi connectivity index (χ3v) is 7.55. The number of amides is 2. The van der Waals surface area contributed by atoms with Crippen molar-refractivity contribution in [2.75, 3.05) is 6.54 Å². The fourth-order valence-corrected chi connectivity index (χ4v) is 5.73. The lowest BCUT2D eigenvalue weighted by Crippen LogP contribution is -2.62. The normalized spacial score (nSPS) is 18.8. The van der Waals surface area contributed by atoms with E-state index in [1.807, 2.05) is 87.5 Å². The molecule has 40 heavy (non-hydrogen) atoms. The Morgan fingerprint density at radius 2 is 1.68 bits per heavy atom. The average molecular weight is 546 g/mol. The molecule has 0 unspecified atom stereocenters. The Morgan fingerprint density at radius 1 is 1.02 bits per heavy atom. The summed E-state index contributed by atoms with van der Waals surface area (Å²) in [6, 6.07) is 22.9. The third kappa shape index (κ3) is 7.34. The van der Waals surface area contributed by atoms with E-state index in [0.29, 0.717) is 12.8 Å². The van der Waals surface area contributed by atoms with Gasteiger partial charge in [0.1, 0.15) is 12.1 Å². The number of nitrogens with zero attached hydrogens (tertiary/aromatic N) is 3. The molecule has 0 aliphatic carbocycles. The number of benzene rings is 3. The van der Waals surface area contributed by atoms with Crippen LogP contribution in [0.2, 0.25) is 0 Å². The van der Waals surface area contributed by atoms with Crippen LogP contribution in [-0.2, 0) is 22.6 Å². The van der Waals surface area contributed by atoms with Gasteiger partial charge in [0, 0.05) is 22.7 Å². The number of carbonyl (C=O) groups excluding carboxylic acids is 2. The van der Waals surface area contributed by atoms with Gasteiger partial charge in [-0.2, -0.15) is 0 Å². The van der Waals surface area contributed by atoms with E-state index in [1.54, 1.807) is 0 Å². The lowest BCUT2D eigenvalue weighted by molar-refractivity contribution is -0.134. The lowest BCUT2D eigenvalue weighted by Gasteiger charge is -2.45. The second-order valence-corrected chi connectivity index (χ2v) is 11.3. The molecular weight excluding hydrogens is 506 g/mol. The molecule has 1 heterocycles. The van der Waals surface area contributed by atoms with Crippen molar-refractivity contribution in [2.45, 2.75) is 76.3 Å². The number of hydrogen-bond acceptors (Lipinski definition) is 7. The third-order valence-electron chi connectivity index (χ3n) is 7.55. The molecule has 3 aromatic carbocycles. The molecule has 3 aromatic rings. The van der Waals surface area contributed by atoms with Crippen LogP contribution in [-0.4, -0.2) is 51.8 Å². The fourth-order valence-electron chi connectivity index (χ4n) is 5.73. The number of ether oxygens (including phenoxy) is 1. The van der Waals surface area contributed by atoms with Gasteiger partial charge < -0.3 is 20.9 Å². The van der Waals surface area contributed by atoms with Gasteiger partial charge in [-0.15, -0.1) is 0 Å². The highest BCUT2D eigenvalue weighted by atomic mass is 16.5. The molecule has 0 bridgehead atoms. The molecule has 0 saturated carbocycles. The van der Waals surface area contributed by atoms with E-state index < -0.39 is 29.7 Å². The highest BCUT2D eigenvalue weighted by molar-refractivity contribution is 5.85. The zero-order valence-electron chi connectivity index (χ0n) is 23.4. The first-order chi connectivity index (χ1) is 19.1. The molecule has 1 aliphatic rings. The highest BCUT2D eigenvalue weighted by Gasteiger charge is 2.51. The van der Waals surface area contributed by atoms with Gasteiger partial charge in [0.25, 0.3) is 0 Å². The maximum Gasteiger partial charge on any atom is 0.407 e. The molecule has 0 spiro atoms. The van der Waals surface area contributed by atoms with Gasteiger partial charge in [0.05, 0.1) is 12.1 Å². The second kappa shape index (κ2) is 13.4. The van der Waals surface area contributed by atoms with E-state index in [-0.39, 0.29) is 18.6 Å². The molecule has 1 saturated heterocycles. The zero-order chi connectivity index (χ0) is 29.3. The van der Waals surface area contributed by atoms with Crippen LogP contribution in [0.3, 0.4) is 0 Å². The molecule has 1 aliphatic heterocycles. The Labute approximate surface area is 235 Å². The first-order valence-electron chi connectivity index (χ1n) is 13.5. The standard InChI is InChI=1S/C31H39N3O4.N2/c1-30(2,3)34-17-9-16-31(34,28(32)36)20-27(35)26(33-29(37)38-21-22-10-5-4-6-11-22)19-23-14-15-24-12-7-8-13-25(24)18-23;1-2/h4-8,10-15,18,26-27,35H,9,16-17,19-21H2,1-3H3,(H2,32,36)(H,33,37);/t26-,27+,31+;/m0./s1. The minimum atomic E-state index is -1.03. The Hall–Kier alpha value is -4.00. The topological polar surface area (TPSA) is 152 Å². The predicted octanol–water partition coefficient (Wildman–Crippen LogP) is 4.58. The van der Waals surface area contributed by atoms with E-state index in [2.05, 4.69) is 16.3 Å². The van der Waals surface area contributed by atoms with E-state index in [9.17, 15) is 14.7 Å². The van der Waals surface area contributed by atoms with Crippen LogP contribution in [0, 0.1) is 10.8 Å². The van der Waals surface area contributed by atoms with Crippen molar-refractivity contribution in [3.05, 3.63) is 83.9 Å². The largest absolute Gasteiger partial charge is 0.445 e. The second-order valence-electron chi connectivity index (χ2n) is 11.3. The molecule has 9 nitrogen and oxygen atoms in total. The van der Waals surface area contributed by atoms with Gasteiger partial charge in [-0.05, 0) is 68.5 Å². The molecule has 0 radical (unpaired) electrons. The van der Waals surface area contributed by atoms with Crippen LogP contribution < -0.4 is 11.1 Å². The number of nitrogens with two attached hydrogens (primary N) is 1. The van der Waals surface area contributed by atoms with Gasteiger partial charge in [0.15, 0.2) is 0 Å². The zero-order valence-corrected chi connectivity index (χ0v) is 23.4. The van der Waals surface area contributed by atoms with Crippen molar-refractivity contribution in [1.29, 1.82) is 10.8 Å². The number of fused-ring (bicyclic) bond motifs is 1. The minimum absolute atomic E-state index is 0.120. The summed E-state index contributed by atoms with van der Waals surface area (Å²) in [5, 5.41) is 28.6. The number of primary amides is 1. The Morgan fingerprint density at radius 3 is 2.33 bits per heavy atom. The number of nitrogens with one attached hydrogen (secondary N) is 1. The summed E-state index contributed by atoms with van der Waals surface area (Å²) in [4.78, 5) is 27.8. The van der Waals surface area contributed by atoms with Gasteiger partial charge >= 0.3 is 6.09 Å². The van der Waals surface area contributed by atoms with E-state index >= 15 is 0 Å². The number of rotatable bonds is 9. The predicted molar refractivity (Wildman–Crippen MR) is 153 cm³/mol.